The van der Waals surface area contributed by atoms with Gasteiger partial charge in [0.05, 0.1) is 5.92 Å². The minimum atomic E-state index is -0.813. The van der Waals surface area contributed by atoms with Crippen molar-refractivity contribution in [3.63, 3.8) is 0 Å². The van der Waals surface area contributed by atoms with Gasteiger partial charge in [-0.3, -0.25) is 4.79 Å². The maximum Gasteiger partial charge on any atom is 0.306 e. The van der Waals surface area contributed by atoms with Crippen molar-refractivity contribution in [3.8, 4) is 0 Å². The van der Waals surface area contributed by atoms with E-state index in [1.807, 2.05) is 30.3 Å². The molecule has 1 atom stereocenters. The Bertz CT molecular complexity index is 581. The van der Waals surface area contributed by atoms with E-state index >= 15 is 0 Å². The molecule has 1 unspecified atom stereocenters. The molecule has 2 aromatic carbocycles. The first-order valence-corrected chi connectivity index (χ1v) is 7.16. The van der Waals surface area contributed by atoms with Gasteiger partial charge in [0.15, 0.2) is 0 Å². The number of benzene rings is 2. The van der Waals surface area contributed by atoms with Gasteiger partial charge in [0.1, 0.15) is 5.82 Å². The predicted octanol–water partition coefficient (Wildman–Crippen LogP) is 4.09. The molecule has 1 N–H and O–H groups in total. The van der Waals surface area contributed by atoms with Crippen LogP contribution in [0.25, 0.3) is 0 Å². The predicted molar refractivity (Wildman–Crippen MR) is 80.6 cm³/mol. The number of hydrogen-bond donors (Lipinski definition) is 1. The fraction of sp³-hybridized carbons (Fsp3) is 0.278. The average Bonchev–Trinajstić information content (AvgIpc) is 2.47. The van der Waals surface area contributed by atoms with E-state index in [2.05, 4.69) is 0 Å². The first kappa shape index (κ1) is 15.2. The normalized spacial score (nSPS) is 12.0. The van der Waals surface area contributed by atoms with E-state index in [9.17, 15) is 14.3 Å². The summed E-state index contributed by atoms with van der Waals surface area (Å²) in [5.41, 5.74) is 1.95. The van der Waals surface area contributed by atoms with Crippen LogP contribution in [0.15, 0.2) is 54.6 Å². The van der Waals surface area contributed by atoms with Crippen molar-refractivity contribution in [2.45, 2.75) is 25.7 Å². The number of halogens is 1. The Kier molecular flexibility index (Phi) is 5.50. The first-order chi connectivity index (χ1) is 10.1. The van der Waals surface area contributed by atoms with E-state index in [-0.39, 0.29) is 5.82 Å². The fourth-order valence-corrected chi connectivity index (χ4v) is 2.46. The fourth-order valence-electron chi connectivity index (χ4n) is 2.46. The summed E-state index contributed by atoms with van der Waals surface area (Å²) in [6.07, 6.45) is 2.66. The standard InChI is InChI=1S/C18H19FO2/c19-17-11-5-9-15(13-17)12-16(18(20)21)10-4-8-14-6-2-1-3-7-14/h1-3,5-7,9,11,13,16H,4,8,10,12H2,(H,20,21). The Balaban J connectivity index is 1.89. The Morgan fingerprint density at radius 1 is 1.05 bits per heavy atom. The van der Waals surface area contributed by atoms with Crippen molar-refractivity contribution < 1.29 is 14.3 Å². The molecule has 0 spiro atoms. The molecule has 0 radical (unpaired) electrons. The molecule has 0 aliphatic heterocycles. The van der Waals surface area contributed by atoms with E-state index in [0.29, 0.717) is 12.8 Å². The van der Waals surface area contributed by atoms with Gasteiger partial charge >= 0.3 is 5.97 Å². The van der Waals surface area contributed by atoms with E-state index in [1.54, 1.807) is 12.1 Å². The SMILES string of the molecule is O=C(O)C(CCCc1ccccc1)Cc1cccc(F)c1. The van der Waals surface area contributed by atoms with E-state index in [1.165, 1.54) is 17.7 Å². The molecule has 0 saturated carbocycles. The summed E-state index contributed by atoms with van der Waals surface area (Å²) in [5.74, 6) is -1.59. The summed E-state index contributed by atoms with van der Waals surface area (Å²) in [6.45, 7) is 0. The number of carboxylic acids is 1. The second-order valence-electron chi connectivity index (χ2n) is 5.25. The third-order valence-corrected chi connectivity index (χ3v) is 3.58. The van der Waals surface area contributed by atoms with Crippen molar-refractivity contribution >= 4 is 5.97 Å². The minimum absolute atomic E-state index is 0.319. The molecule has 2 nitrogen and oxygen atoms in total. The van der Waals surface area contributed by atoms with Crippen molar-refractivity contribution in [2.75, 3.05) is 0 Å². The molecule has 0 saturated heterocycles. The number of aliphatic carboxylic acids is 1. The average molecular weight is 286 g/mol. The van der Waals surface area contributed by atoms with Crippen molar-refractivity contribution in [1.29, 1.82) is 0 Å². The van der Waals surface area contributed by atoms with Crippen LogP contribution < -0.4 is 0 Å². The Morgan fingerprint density at radius 3 is 2.43 bits per heavy atom. The van der Waals surface area contributed by atoms with Crippen LogP contribution in [0.1, 0.15) is 24.0 Å². The second-order valence-corrected chi connectivity index (χ2v) is 5.25. The molecule has 0 heterocycles. The third-order valence-electron chi connectivity index (χ3n) is 3.58. The van der Waals surface area contributed by atoms with Gasteiger partial charge in [-0.1, -0.05) is 42.5 Å². The largest absolute Gasteiger partial charge is 0.481 e. The van der Waals surface area contributed by atoms with E-state index in [4.69, 9.17) is 0 Å². The molecule has 0 aliphatic carbocycles. The molecule has 21 heavy (non-hydrogen) atoms. The van der Waals surface area contributed by atoms with Crippen LogP contribution >= 0.6 is 0 Å². The van der Waals surface area contributed by atoms with Crippen LogP contribution in [0.3, 0.4) is 0 Å². The number of carboxylic acid groups (broad SMARTS) is 1. The molecule has 0 bridgehead atoms. The first-order valence-electron chi connectivity index (χ1n) is 7.16. The van der Waals surface area contributed by atoms with Crippen LogP contribution in [0.2, 0.25) is 0 Å². The Labute approximate surface area is 124 Å². The second kappa shape index (κ2) is 7.58. The highest BCUT2D eigenvalue weighted by Gasteiger charge is 2.17. The lowest BCUT2D eigenvalue weighted by molar-refractivity contribution is -0.142. The lowest BCUT2D eigenvalue weighted by Crippen LogP contribution is -2.16. The molecule has 0 aliphatic rings. The number of hydrogen-bond acceptors (Lipinski definition) is 1. The summed E-state index contributed by atoms with van der Waals surface area (Å²) in [5, 5.41) is 9.31. The summed E-state index contributed by atoms with van der Waals surface area (Å²) >= 11 is 0. The molecule has 0 amide bonds. The van der Waals surface area contributed by atoms with Gasteiger partial charge in [0.25, 0.3) is 0 Å². The summed E-state index contributed by atoms with van der Waals surface area (Å²) in [6, 6.07) is 16.2. The molecule has 0 aromatic heterocycles. The summed E-state index contributed by atoms with van der Waals surface area (Å²) in [7, 11) is 0. The topological polar surface area (TPSA) is 37.3 Å². The highest BCUT2D eigenvalue weighted by atomic mass is 19.1. The molecule has 110 valence electrons. The zero-order valence-corrected chi connectivity index (χ0v) is 11.8. The quantitative estimate of drug-likeness (QED) is 0.832. The molecule has 2 aromatic rings. The highest BCUT2D eigenvalue weighted by Crippen LogP contribution is 2.17. The van der Waals surface area contributed by atoms with Gasteiger partial charge in [0.2, 0.25) is 0 Å². The van der Waals surface area contributed by atoms with Crippen molar-refractivity contribution in [3.05, 3.63) is 71.5 Å². The van der Waals surface area contributed by atoms with Crippen LogP contribution in [0.4, 0.5) is 4.39 Å². The van der Waals surface area contributed by atoms with Gasteiger partial charge in [-0.05, 0) is 48.9 Å². The molecule has 3 heteroatoms. The van der Waals surface area contributed by atoms with Crippen LogP contribution in [-0.4, -0.2) is 11.1 Å². The van der Waals surface area contributed by atoms with Gasteiger partial charge in [-0.15, -0.1) is 0 Å². The van der Waals surface area contributed by atoms with Gasteiger partial charge in [-0.25, -0.2) is 4.39 Å². The molecular weight excluding hydrogens is 267 g/mol. The lowest BCUT2D eigenvalue weighted by atomic mass is 9.93. The smallest absolute Gasteiger partial charge is 0.306 e. The van der Waals surface area contributed by atoms with E-state index < -0.39 is 11.9 Å². The lowest BCUT2D eigenvalue weighted by Gasteiger charge is -2.12. The Hall–Kier alpha value is -2.16. The Morgan fingerprint density at radius 2 is 1.76 bits per heavy atom. The highest BCUT2D eigenvalue weighted by molar-refractivity contribution is 5.70. The number of carbonyl (C=O) groups is 1. The van der Waals surface area contributed by atoms with E-state index in [0.717, 1.165) is 18.4 Å². The van der Waals surface area contributed by atoms with Gasteiger partial charge in [-0.2, -0.15) is 0 Å². The molecule has 0 fully saturated rings. The monoisotopic (exact) mass is 286 g/mol. The third kappa shape index (κ3) is 5.03. The zero-order chi connectivity index (χ0) is 15.1. The summed E-state index contributed by atoms with van der Waals surface area (Å²) in [4.78, 5) is 11.3. The maximum atomic E-state index is 13.1. The van der Waals surface area contributed by atoms with Gasteiger partial charge < -0.3 is 5.11 Å². The number of aryl methyl sites for hydroxylation is 1. The van der Waals surface area contributed by atoms with Gasteiger partial charge in [0, 0.05) is 0 Å². The maximum absolute atomic E-state index is 13.1. The zero-order valence-electron chi connectivity index (χ0n) is 11.8. The van der Waals surface area contributed by atoms with Crippen LogP contribution in [-0.2, 0) is 17.6 Å². The molecule has 2 rings (SSSR count). The number of rotatable bonds is 7. The summed E-state index contributed by atoms with van der Waals surface area (Å²) < 4.78 is 13.1. The van der Waals surface area contributed by atoms with Crippen molar-refractivity contribution in [2.24, 2.45) is 5.92 Å². The minimum Gasteiger partial charge on any atom is -0.481 e. The molecular formula is C18H19FO2. The van der Waals surface area contributed by atoms with Crippen LogP contribution in [0, 0.1) is 11.7 Å². The van der Waals surface area contributed by atoms with Crippen molar-refractivity contribution in [1.82, 2.24) is 0 Å². The van der Waals surface area contributed by atoms with Crippen LogP contribution in [0.5, 0.6) is 0 Å².